The number of imidazole rings is 1. The fourth-order valence-corrected chi connectivity index (χ4v) is 2.21. The van der Waals surface area contributed by atoms with Gasteiger partial charge in [-0.3, -0.25) is 0 Å². The van der Waals surface area contributed by atoms with E-state index in [1.54, 1.807) is 6.20 Å². The van der Waals surface area contributed by atoms with Crippen molar-refractivity contribution in [1.82, 2.24) is 12.3 Å². The number of hydrogen-bond donors (Lipinski definition) is 0. The summed E-state index contributed by atoms with van der Waals surface area (Å²) in [6.45, 7) is 0. The molecule has 2 heterocycles. The van der Waals surface area contributed by atoms with Crippen LogP contribution < -0.4 is 0 Å². The van der Waals surface area contributed by atoms with Crippen molar-refractivity contribution in [1.29, 1.82) is 0 Å². The van der Waals surface area contributed by atoms with Crippen LogP contribution in [0.15, 0.2) is 23.1 Å². The number of hydrogen-bond acceptors (Lipinski definition) is 2. The maximum atomic E-state index is 4.15. The molecular weight excluding hydrogens is 398 g/mol. The summed E-state index contributed by atoms with van der Waals surface area (Å²) >= 11 is 4.12. The molecule has 2 aromatic heterocycles. The summed E-state index contributed by atoms with van der Waals surface area (Å²) in [6.07, 6.45) is 3.59. The van der Waals surface area contributed by atoms with Gasteiger partial charge in [-0.1, -0.05) is 0 Å². The zero-order chi connectivity index (χ0) is 7.84. The third-order valence-corrected chi connectivity index (χ3v) is 3.43. The Labute approximate surface area is 88.1 Å². The quantitative estimate of drug-likeness (QED) is 0.620. The summed E-state index contributed by atoms with van der Waals surface area (Å²) in [5, 5.41) is 0. The van der Waals surface area contributed by atoms with Crippen LogP contribution in [0.4, 0.5) is 0 Å². The average molecular weight is 401 g/mol. The molecule has 0 spiro atoms. The molecule has 2 rings (SSSR count). The zero-order valence-corrected chi connectivity index (χ0v) is 11.6. The third-order valence-electron chi connectivity index (χ3n) is 1.40. The van der Waals surface area contributed by atoms with Gasteiger partial charge in [-0.15, -0.1) is 0 Å². The Kier molecular flexibility index (Phi) is 1.96. The van der Waals surface area contributed by atoms with Gasteiger partial charge in [0.15, 0.2) is 0 Å². The Bertz CT molecular complexity index is 398. The van der Waals surface area contributed by atoms with Gasteiger partial charge in [-0.2, -0.15) is 0 Å². The summed E-state index contributed by atoms with van der Waals surface area (Å²) in [5.41, 5.74) is 1.94. The van der Waals surface area contributed by atoms with Crippen molar-refractivity contribution >= 4 is 53.2 Å². The molecule has 0 aliphatic carbocycles. The molecular formula is C6H3BrN3Tl. The number of fused-ring (bicyclic) bond motifs is 1. The van der Waals surface area contributed by atoms with Crippen LogP contribution >= 0.6 is 15.9 Å². The van der Waals surface area contributed by atoms with E-state index in [2.05, 4.69) is 28.3 Å². The summed E-state index contributed by atoms with van der Waals surface area (Å²) in [4.78, 5) is 8.28. The Balaban J connectivity index is 2.87. The topological polar surface area (TPSA) is 30.7 Å². The second kappa shape index (κ2) is 2.82. The first-order chi connectivity index (χ1) is 5.27. The summed E-state index contributed by atoms with van der Waals surface area (Å²) in [6, 6.07) is 2.04. The molecule has 0 fully saturated rings. The van der Waals surface area contributed by atoms with Gasteiger partial charge in [0.2, 0.25) is 0 Å². The number of halogens is 1. The molecule has 0 unspecified atom stereocenters. The molecule has 11 heavy (non-hydrogen) atoms. The van der Waals surface area contributed by atoms with Crippen LogP contribution in [-0.2, 0) is 0 Å². The van der Waals surface area contributed by atoms with Crippen molar-refractivity contribution in [3.63, 3.8) is 0 Å². The second-order valence-corrected chi connectivity index (χ2v) is 5.23. The molecule has 0 N–H and O–H groups in total. The van der Waals surface area contributed by atoms with Crippen LogP contribution in [0.1, 0.15) is 0 Å². The molecule has 2 aromatic rings. The van der Waals surface area contributed by atoms with E-state index < -0.39 is 0 Å². The molecule has 0 aliphatic rings. The normalized spacial score (nSPS) is 10.5. The minimum absolute atomic E-state index is 0.751. The Morgan fingerprint density at radius 3 is 3.09 bits per heavy atom. The van der Waals surface area contributed by atoms with E-state index in [4.69, 9.17) is 0 Å². The Hall–Kier alpha value is 0.0221. The Morgan fingerprint density at radius 2 is 2.27 bits per heavy atom. The van der Waals surface area contributed by atoms with Gasteiger partial charge in [0.25, 0.3) is 0 Å². The van der Waals surface area contributed by atoms with E-state index in [0.717, 1.165) is 41.7 Å². The van der Waals surface area contributed by atoms with E-state index >= 15 is 0 Å². The molecule has 0 saturated heterocycles. The van der Waals surface area contributed by atoms with Crippen LogP contribution in [0, 0.1) is 0 Å². The molecule has 0 aromatic carbocycles. The van der Waals surface area contributed by atoms with E-state index in [0.29, 0.717) is 0 Å². The van der Waals surface area contributed by atoms with Gasteiger partial charge in [0.1, 0.15) is 0 Å². The molecule has 52 valence electrons. The van der Waals surface area contributed by atoms with E-state index in [1.807, 2.05) is 12.4 Å². The van der Waals surface area contributed by atoms with Crippen LogP contribution in [0.25, 0.3) is 11.2 Å². The maximum absolute atomic E-state index is 4.15. The first-order valence-corrected chi connectivity index (χ1v) is 5.81. The molecule has 0 atom stereocenters. The van der Waals surface area contributed by atoms with E-state index in [-0.39, 0.29) is 0 Å². The average Bonchev–Trinajstić information content (AvgIpc) is 2.33. The fraction of sp³-hybridized carbons (Fsp3) is 0. The molecule has 3 nitrogen and oxygen atoms in total. The van der Waals surface area contributed by atoms with Gasteiger partial charge in [0.05, 0.1) is 0 Å². The standard InChI is InChI=1S/C6H3BrN3.Tl/c7-4-1-5-6(8-2-4)10-3-9-5;/h1-3H;/q-1;+1. The van der Waals surface area contributed by atoms with Crippen molar-refractivity contribution < 1.29 is 0 Å². The van der Waals surface area contributed by atoms with Crippen molar-refractivity contribution in [2.75, 3.05) is 0 Å². The number of nitrogens with zero attached hydrogens (tertiary/aromatic N) is 3. The monoisotopic (exact) mass is 401 g/mol. The number of aromatic nitrogens is 3. The van der Waals surface area contributed by atoms with Gasteiger partial charge in [0, 0.05) is 0 Å². The molecule has 0 saturated carbocycles. The number of pyridine rings is 1. The SMILES string of the molecule is Brc1cnc2nc[n]([Tl])c2c1. The van der Waals surface area contributed by atoms with Crippen molar-refractivity contribution in [2.45, 2.75) is 0 Å². The molecule has 0 amide bonds. The van der Waals surface area contributed by atoms with E-state index in [1.165, 1.54) is 0 Å². The van der Waals surface area contributed by atoms with Crippen LogP contribution in [0.3, 0.4) is 0 Å². The third kappa shape index (κ3) is 1.33. The van der Waals surface area contributed by atoms with Crippen LogP contribution in [-0.4, -0.2) is 38.4 Å². The first kappa shape index (κ1) is 7.66. The molecule has 0 bridgehead atoms. The molecule has 0 aliphatic heterocycles. The molecule has 5 heteroatoms. The van der Waals surface area contributed by atoms with E-state index in [9.17, 15) is 0 Å². The summed E-state index contributed by atoms with van der Waals surface area (Å²) < 4.78 is 3.11. The van der Waals surface area contributed by atoms with Gasteiger partial charge < -0.3 is 0 Å². The van der Waals surface area contributed by atoms with Crippen molar-refractivity contribution in [3.8, 4) is 0 Å². The van der Waals surface area contributed by atoms with Gasteiger partial charge in [-0.25, -0.2) is 0 Å². The number of rotatable bonds is 0. The predicted octanol–water partition coefficient (Wildman–Crippen LogP) is 1.13. The summed E-state index contributed by atoms with van der Waals surface area (Å²) in [5.74, 6) is 0. The van der Waals surface area contributed by atoms with Crippen molar-refractivity contribution in [2.24, 2.45) is 0 Å². The molecule has 0 radical (unpaired) electrons. The first-order valence-electron chi connectivity index (χ1n) is 3.01. The summed E-state index contributed by atoms with van der Waals surface area (Å²) in [7, 11) is 0. The van der Waals surface area contributed by atoms with Crippen molar-refractivity contribution in [3.05, 3.63) is 23.1 Å². The Morgan fingerprint density at radius 1 is 1.45 bits per heavy atom. The van der Waals surface area contributed by atoms with Crippen LogP contribution in [0.2, 0.25) is 0 Å². The predicted molar refractivity (Wildman–Crippen MR) is 46.4 cm³/mol. The fourth-order valence-electron chi connectivity index (χ4n) is 0.890. The zero-order valence-electron chi connectivity index (χ0n) is 5.53. The van der Waals surface area contributed by atoms with Gasteiger partial charge >= 0.3 is 88.6 Å². The minimum atomic E-state index is 0.751. The van der Waals surface area contributed by atoms with Gasteiger partial charge in [-0.05, 0) is 0 Å². The van der Waals surface area contributed by atoms with Crippen LogP contribution in [0.5, 0.6) is 0 Å². The second-order valence-electron chi connectivity index (χ2n) is 2.15.